The van der Waals surface area contributed by atoms with Crippen molar-refractivity contribution in [3.63, 3.8) is 0 Å². The molecule has 3 aromatic rings. The van der Waals surface area contributed by atoms with Crippen LogP contribution in [-0.2, 0) is 6.54 Å². The number of aliphatic imine (C=N–C) groups is 1. The van der Waals surface area contributed by atoms with E-state index in [1.165, 1.54) is 0 Å². The van der Waals surface area contributed by atoms with Crippen molar-refractivity contribution < 1.29 is 4.79 Å². The number of nitrogens with zero attached hydrogens (tertiary/aromatic N) is 6. The van der Waals surface area contributed by atoms with Gasteiger partial charge in [-0.15, -0.1) is 0 Å². The van der Waals surface area contributed by atoms with Crippen LogP contribution in [0.2, 0.25) is 5.02 Å². The van der Waals surface area contributed by atoms with Gasteiger partial charge in [-0.05, 0) is 79.4 Å². The van der Waals surface area contributed by atoms with Crippen LogP contribution in [0, 0.1) is 18.3 Å². The molecule has 1 aliphatic carbocycles. The van der Waals surface area contributed by atoms with E-state index in [9.17, 15) is 4.79 Å². The number of amides is 2. The molecule has 1 aromatic heterocycles. The molecule has 2 aromatic carbocycles. The van der Waals surface area contributed by atoms with Crippen molar-refractivity contribution in [2.75, 3.05) is 31.5 Å². The number of anilines is 1. The number of aromatic nitrogens is 2. The van der Waals surface area contributed by atoms with Crippen LogP contribution < -0.4 is 5.32 Å². The molecular weight excluding hydrogens is 614 g/mol. The molecular formula is C32H33BrClN7O. The molecule has 0 spiro atoms. The van der Waals surface area contributed by atoms with E-state index in [0.717, 1.165) is 33.8 Å². The first-order chi connectivity index (χ1) is 20.2. The number of halogens is 2. The van der Waals surface area contributed by atoms with E-state index >= 15 is 0 Å². The number of piperazine rings is 1. The van der Waals surface area contributed by atoms with Crippen LogP contribution in [0.25, 0.3) is 5.57 Å². The number of urea groups is 1. The Labute approximate surface area is 260 Å². The summed E-state index contributed by atoms with van der Waals surface area (Å²) < 4.78 is 2.14. The van der Waals surface area contributed by atoms with Crippen LogP contribution in [-0.4, -0.2) is 62.6 Å². The Morgan fingerprint density at radius 3 is 2.60 bits per heavy atom. The first-order valence-electron chi connectivity index (χ1n) is 13.9. The Kier molecular flexibility index (Phi) is 9.27. The number of nitrogens with one attached hydrogen (secondary N) is 1. The molecule has 0 radical (unpaired) electrons. The summed E-state index contributed by atoms with van der Waals surface area (Å²) in [6, 6.07) is 14.9. The largest absolute Gasteiger partial charge is 0.331 e. The number of fused-ring (bicyclic) bond motifs is 1. The summed E-state index contributed by atoms with van der Waals surface area (Å²) in [6.45, 7) is 9.34. The number of imidazole rings is 1. The molecule has 1 saturated heterocycles. The summed E-state index contributed by atoms with van der Waals surface area (Å²) in [5.74, 6) is 0.948. The van der Waals surface area contributed by atoms with Gasteiger partial charge in [0.2, 0.25) is 0 Å². The van der Waals surface area contributed by atoms with E-state index in [0.29, 0.717) is 49.0 Å². The summed E-state index contributed by atoms with van der Waals surface area (Å²) in [5.41, 5.74) is 6.68. The van der Waals surface area contributed by atoms with Gasteiger partial charge in [0.25, 0.3) is 0 Å². The maximum absolute atomic E-state index is 13.1. The maximum atomic E-state index is 13.1. The second kappa shape index (κ2) is 13.1. The van der Waals surface area contributed by atoms with Gasteiger partial charge < -0.3 is 14.8 Å². The van der Waals surface area contributed by atoms with Gasteiger partial charge in [-0.25, -0.2) is 9.78 Å². The lowest BCUT2D eigenvalue weighted by molar-refractivity contribution is 0.124. The van der Waals surface area contributed by atoms with E-state index in [1.807, 2.05) is 43.4 Å². The summed E-state index contributed by atoms with van der Waals surface area (Å²) in [4.78, 5) is 26.9. The summed E-state index contributed by atoms with van der Waals surface area (Å²) >= 11 is 10.2. The molecule has 1 aliphatic heterocycles. The van der Waals surface area contributed by atoms with Crippen LogP contribution in [0.4, 0.5) is 10.5 Å². The first kappa shape index (κ1) is 29.8. The van der Waals surface area contributed by atoms with Crippen molar-refractivity contribution in [1.82, 2.24) is 19.4 Å². The molecule has 0 bridgehead atoms. The number of alkyl halides is 1. The van der Waals surface area contributed by atoms with Crippen molar-refractivity contribution in [3.05, 3.63) is 99.7 Å². The van der Waals surface area contributed by atoms with E-state index in [4.69, 9.17) is 21.9 Å². The molecule has 10 heteroatoms. The summed E-state index contributed by atoms with van der Waals surface area (Å²) in [6.07, 6.45) is 7.97. The Balaban J connectivity index is 1.44. The molecule has 216 valence electrons. The quantitative estimate of drug-likeness (QED) is 0.235. The third-order valence-corrected chi connectivity index (χ3v) is 8.10. The zero-order valence-electron chi connectivity index (χ0n) is 23.9. The van der Waals surface area contributed by atoms with Gasteiger partial charge in [0.05, 0.1) is 23.4 Å². The van der Waals surface area contributed by atoms with Crippen molar-refractivity contribution in [2.45, 2.75) is 38.2 Å². The lowest BCUT2D eigenvalue weighted by Crippen LogP contribution is -2.51. The van der Waals surface area contributed by atoms with Crippen LogP contribution >= 0.6 is 27.5 Å². The molecule has 0 saturated carbocycles. The number of carbonyl (C=O) groups is 1. The van der Waals surface area contributed by atoms with Gasteiger partial charge in [-0.2, -0.15) is 5.26 Å². The number of hydrogen-bond donors (Lipinski definition) is 1. The van der Waals surface area contributed by atoms with Crippen molar-refractivity contribution in [1.29, 1.82) is 5.26 Å². The molecule has 2 unspecified atom stereocenters. The van der Waals surface area contributed by atoms with E-state index in [1.54, 1.807) is 24.3 Å². The SMILES string of the molecule is CC1=C(N=CC(C)Br)C(N2CCN(C(=O)Nc3ccc(C#N)cc3)CC2)c2ccc(Cl)cc2C(Cn2ccnc2C)=C1. The third-order valence-electron chi connectivity index (χ3n) is 7.62. The van der Waals surface area contributed by atoms with Crippen LogP contribution in [0.15, 0.2) is 77.2 Å². The molecule has 2 amide bonds. The normalized spacial score (nSPS) is 18.3. The standard InChI is InChI=1S/C32H33BrClN7O/c1-21-16-25(20-41-11-10-36-23(41)3)29-17-26(34)6-9-28(29)31(30(21)37-19-22(2)33)39-12-14-40(15-13-39)32(42)38-27-7-4-24(18-35)5-8-27/h4-11,16-17,19,22,31H,12-15,20H2,1-3H3,(H,38,42). The number of hydrogen-bond acceptors (Lipinski definition) is 5. The predicted molar refractivity (Wildman–Crippen MR) is 172 cm³/mol. The Morgan fingerprint density at radius 1 is 1.21 bits per heavy atom. The average Bonchev–Trinajstić information content (AvgIpc) is 3.34. The predicted octanol–water partition coefficient (Wildman–Crippen LogP) is 6.83. The number of allylic oxidation sites excluding steroid dienone is 3. The molecule has 5 rings (SSSR count). The smallest absolute Gasteiger partial charge is 0.321 e. The lowest BCUT2D eigenvalue weighted by Gasteiger charge is -2.40. The van der Waals surface area contributed by atoms with Gasteiger partial charge in [0, 0.05) is 66.9 Å². The van der Waals surface area contributed by atoms with Crippen LogP contribution in [0.1, 0.15) is 42.4 Å². The summed E-state index contributed by atoms with van der Waals surface area (Å²) in [7, 11) is 0. The maximum Gasteiger partial charge on any atom is 0.321 e. The zero-order chi connectivity index (χ0) is 29.8. The van der Waals surface area contributed by atoms with E-state index in [-0.39, 0.29) is 16.9 Å². The van der Waals surface area contributed by atoms with Crippen LogP contribution in [0.5, 0.6) is 0 Å². The highest BCUT2D eigenvalue weighted by Crippen LogP contribution is 2.41. The minimum absolute atomic E-state index is 0.110. The number of benzene rings is 2. The first-order valence-corrected chi connectivity index (χ1v) is 15.2. The third kappa shape index (κ3) is 6.67. The highest BCUT2D eigenvalue weighted by Gasteiger charge is 2.33. The fraction of sp³-hybridized carbons (Fsp3) is 0.312. The number of nitriles is 1. The van der Waals surface area contributed by atoms with Gasteiger partial charge >= 0.3 is 6.03 Å². The Bertz CT molecular complexity index is 1590. The molecule has 42 heavy (non-hydrogen) atoms. The van der Waals surface area contributed by atoms with Crippen molar-refractivity contribution >= 4 is 51.0 Å². The van der Waals surface area contributed by atoms with Crippen molar-refractivity contribution in [2.24, 2.45) is 4.99 Å². The van der Waals surface area contributed by atoms with E-state index < -0.39 is 0 Å². The lowest BCUT2D eigenvalue weighted by atomic mass is 9.93. The molecule has 2 aliphatic rings. The highest BCUT2D eigenvalue weighted by molar-refractivity contribution is 9.09. The molecule has 1 fully saturated rings. The van der Waals surface area contributed by atoms with Crippen LogP contribution in [0.3, 0.4) is 0 Å². The van der Waals surface area contributed by atoms with Crippen molar-refractivity contribution in [3.8, 4) is 6.07 Å². The number of aryl methyl sites for hydroxylation is 1. The fourth-order valence-electron chi connectivity index (χ4n) is 5.45. The highest BCUT2D eigenvalue weighted by atomic mass is 79.9. The minimum Gasteiger partial charge on any atom is -0.331 e. The molecule has 8 nitrogen and oxygen atoms in total. The monoisotopic (exact) mass is 645 g/mol. The average molecular weight is 647 g/mol. The van der Waals surface area contributed by atoms with Gasteiger partial charge in [0.15, 0.2) is 0 Å². The zero-order valence-corrected chi connectivity index (χ0v) is 26.2. The minimum atomic E-state index is -0.148. The number of carbonyl (C=O) groups excluding carboxylic acids is 1. The van der Waals surface area contributed by atoms with Gasteiger partial charge in [-0.3, -0.25) is 9.89 Å². The second-order valence-electron chi connectivity index (χ2n) is 10.6. The van der Waals surface area contributed by atoms with Gasteiger partial charge in [-0.1, -0.05) is 39.7 Å². The number of rotatable bonds is 6. The van der Waals surface area contributed by atoms with E-state index in [2.05, 4.69) is 66.9 Å². The summed E-state index contributed by atoms with van der Waals surface area (Å²) in [5, 5.41) is 12.7. The van der Waals surface area contributed by atoms with Gasteiger partial charge in [0.1, 0.15) is 5.82 Å². The molecule has 2 heterocycles. The Hall–Kier alpha value is -3.71. The second-order valence-corrected chi connectivity index (χ2v) is 12.5. The fourth-order valence-corrected chi connectivity index (χ4v) is 5.74. The topological polar surface area (TPSA) is 89.5 Å². The molecule has 1 N–H and O–H groups in total. The molecule has 2 atom stereocenters. The Morgan fingerprint density at radius 2 is 1.95 bits per heavy atom.